The summed E-state index contributed by atoms with van der Waals surface area (Å²) in [6, 6.07) is 7.14. The summed E-state index contributed by atoms with van der Waals surface area (Å²) in [5, 5.41) is 21.8. The number of nitrogens with zero attached hydrogens (tertiary/aromatic N) is 1. The van der Waals surface area contributed by atoms with Gasteiger partial charge >= 0.3 is 5.97 Å². The Balaban J connectivity index is 1.80. The zero-order chi connectivity index (χ0) is 26.3. The topological polar surface area (TPSA) is 127 Å². The molecule has 0 saturated heterocycles. The predicted octanol–water partition coefficient (Wildman–Crippen LogP) is 2.89. The van der Waals surface area contributed by atoms with Crippen molar-refractivity contribution < 1.29 is 34.0 Å². The molecule has 0 bridgehead atoms. The number of carbonyl (C=O) groups excluding carboxylic acids is 2. The van der Waals surface area contributed by atoms with Crippen LogP contribution in [0.3, 0.4) is 0 Å². The molecule has 0 unspecified atom stereocenters. The molecule has 200 valence electrons. The van der Waals surface area contributed by atoms with E-state index in [1.54, 1.807) is 39.8 Å². The summed E-state index contributed by atoms with van der Waals surface area (Å²) in [5.41, 5.74) is -1.20. The number of rotatable bonds is 10. The van der Waals surface area contributed by atoms with Gasteiger partial charge in [-0.1, -0.05) is 0 Å². The van der Waals surface area contributed by atoms with E-state index in [2.05, 4.69) is 5.32 Å². The third-order valence-electron chi connectivity index (χ3n) is 6.49. The van der Waals surface area contributed by atoms with Gasteiger partial charge in [0.1, 0.15) is 17.5 Å². The van der Waals surface area contributed by atoms with Crippen LogP contribution in [0.25, 0.3) is 0 Å². The van der Waals surface area contributed by atoms with Gasteiger partial charge in [-0.2, -0.15) is 0 Å². The average Bonchev–Trinajstić information content (AvgIpc) is 3.16. The third kappa shape index (κ3) is 7.43. The Labute approximate surface area is 213 Å². The molecule has 1 aliphatic carbocycles. The van der Waals surface area contributed by atoms with E-state index in [1.165, 1.54) is 0 Å². The molecule has 36 heavy (non-hydrogen) atoms. The maximum Gasteiger partial charge on any atom is 0.306 e. The molecule has 2 aliphatic rings. The van der Waals surface area contributed by atoms with E-state index >= 15 is 0 Å². The smallest absolute Gasteiger partial charge is 0.306 e. The highest BCUT2D eigenvalue weighted by atomic mass is 16.6. The fourth-order valence-electron chi connectivity index (χ4n) is 4.47. The largest absolute Gasteiger partial charge is 0.494 e. The number of benzene rings is 1. The number of amides is 1. The quantitative estimate of drug-likeness (QED) is 0.330. The lowest BCUT2D eigenvalue weighted by Gasteiger charge is -2.32. The van der Waals surface area contributed by atoms with Crippen molar-refractivity contribution in [2.24, 2.45) is 4.99 Å². The molecule has 1 fully saturated rings. The van der Waals surface area contributed by atoms with E-state index in [1.807, 2.05) is 12.1 Å². The second-order valence-electron chi connectivity index (χ2n) is 10.6. The van der Waals surface area contributed by atoms with Gasteiger partial charge in [-0.15, -0.1) is 0 Å². The van der Waals surface area contributed by atoms with Crippen molar-refractivity contribution in [3.8, 4) is 5.75 Å². The molecule has 9 heteroatoms. The van der Waals surface area contributed by atoms with Crippen LogP contribution in [-0.2, 0) is 19.1 Å². The van der Waals surface area contributed by atoms with Crippen molar-refractivity contribution in [2.75, 3.05) is 13.2 Å². The number of nitrogens with one attached hydrogen (secondary N) is 1. The summed E-state index contributed by atoms with van der Waals surface area (Å²) in [6.07, 6.45) is 2.47. The lowest BCUT2D eigenvalue weighted by molar-refractivity contribution is -0.155. The Morgan fingerprint density at radius 1 is 1.17 bits per heavy atom. The summed E-state index contributed by atoms with van der Waals surface area (Å²) in [4.78, 5) is 30.9. The van der Waals surface area contributed by atoms with Crippen LogP contribution in [0, 0.1) is 0 Å². The van der Waals surface area contributed by atoms with Crippen LogP contribution < -0.4 is 10.1 Å². The van der Waals surface area contributed by atoms with Crippen LogP contribution in [0.1, 0.15) is 78.2 Å². The molecular weight excluding hydrogens is 464 g/mol. The van der Waals surface area contributed by atoms with Gasteiger partial charge in [0.2, 0.25) is 5.90 Å². The van der Waals surface area contributed by atoms with E-state index in [-0.39, 0.29) is 37.5 Å². The van der Waals surface area contributed by atoms with Gasteiger partial charge in [-0.25, -0.2) is 4.99 Å². The fourth-order valence-corrected chi connectivity index (χ4v) is 4.47. The van der Waals surface area contributed by atoms with E-state index in [0.717, 1.165) is 0 Å². The summed E-state index contributed by atoms with van der Waals surface area (Å²) >= 11 is 0. The van der Waals surface area contributed by atoms with Gasteiger partial charge in [-0.3, -0.25) is 9.59 Å². The van der Waals surface area contributed by atoms with Gasteiger partial charge in [0.25, 0.3) is 5.91 Å². The molecule has 1 heterocycles. The number of aliphatic hydroxyl groups is 2. The monoisotopic (exact) mass is 504 g/mol. The van der Waals surface area contributed by atoms with Crippen LogP contribution in [-0.4, -0.2) is 70.6 Å². The maximum absolute atomic E-state index is 13.6. The maximum atomic E-state index is 13.6. The van der Waals surface area contributed by atoms with Crippen molar-refractivity contribution >= 4 is 17.8 Å². The molecule has 0 spiro atoms. The minimum absolute atomic E-state index is 0.0240. The Hall–Kier alpha value is -2.65. The minimum atomic E-state index is -1.28. The van der Waals surface area contributed by atoms with Crippen molar-refractivity contribution in [3.63, 3.8) is 0 Å². The average molecular weight is 505 g/mol. The summed E-state index contributed by atoms with van der Waals surface area (Å²) in [6.45, 7) is 7.69. The van der Waals surface area contributed by atoms with Crippen LogP contribution in [0.2, 0.25) is 0 Å². The Bertz CT molecular complexity index is 917. The van der Waals surface area contributed by atoms with E-state index in [4.69, 9.17) is 24.3 Å². The number of esters is 1. The molecule has 1 amide bonds. The standard InChI is InChI=1S/C27H40N2O7/c1-18-27(15-14-23(32)36-26(2,3)4,25(33)28-20-8-10-21(31)11-9-20)29-24(35-18)19-6-12-22(13-7-19)34-17-5-16-30/h6-7,12-13,18,20-21,30-31H,5,8-11,14-17H2,1-4H3,(H,28,33)/t18-,20?,21?,27-/m1/s1. The number of ether oxygens (including phenoxy) is 3. The van der Waals surface area contributed by atoms with Gasteiger partial charge < -0.3 is 29.7 Å². The van der Waals surface area contributed by atoms with Crippen LogP contribution in [0.5, 0.6) is 5.75 Å². The Morgan fingerprint density at radius 3 is 2.44 bits per heavy atom. The van der Waals surface area contributed by atoms with Crippen molar-refractivity contribution in [1.82, 2.24) is 5.32 Å². The number of aliphatic imine (C=N–C) groups is 1. The second-order valence-corrected chi connectivity index (χ2v) is 10.6. The third-order valence-corrected chi connectivity index (χ3v) is 6.49. The van der Waals surface area contributed by atoms with Crippen molar-refractivity contribution in [2.45, 2.75) is 102 Å². The first-order valence-electron chi connectivity index (χ1n) is 12.8. The first kappa shape index (κ1) is 27.9. The molecular formula is C27H40N2O7. The predicted molar refractivity (Wildman–Crippen MR) is 135 cm³/mol. The molecule has 2 atom stereocenters. The number of hydrogen-bond acceptors (Lipinski definition) is 8. The number of hydrogen-bond donors (Lipinski definition) is 3. The Morgan fingerprint density at radius 2 is 1.83 bits per heavy atom. The fraction of sp³-hybridized carbons (Fsp3) is 0.667. The van der Waals surface area contributed by atoms with Gasteiger partial charge in [0.05, 0.1) is 12.7 Å². The zero-order valence-electron chi connectivity index (χ0n) is 21.8. The van der Waals surface area contributed by atoms with Gasteiger partial charge in [0.15, 0.2) is 5.54 Å². The number of carbonyl (C=O) groups is 2. The molecule has 3 N–H and O–H groups in total. The highest BCUT2D eigenvalue weighted by Gasteiger charge is 2.51. The van der Waals surface area contributed by atoms with E-state index in [0.29, 0.717) is 55.9 Å². The van der Waals surface area contributed by atoms with Crippen LogP contribution in [0.4, 0.5) is 0 Å². The van der Waals surface area contributed by atoms with Gasteiger partial charge in [0, 0.05) is 31.1 Å². The summed E-state index contributed by atoms with van der Waals surface area (Å²) in [5.74, 6) is 0.324. The van der Waals surface area contributed by atoms with Crippen molar-refractivity contribution in [3.05, 3.63) is 29.8 Å². The lowest BCUT2D eigenvalue weighted by atomic mass is 9.86. The van der Waals surface area contributed by atoms with Crippen LogP contribution >= 0.6 is 0 Å². The van der Waals surface area contributed by atoms with E-state index in [9.17, 15) is 14.7 Å². The minimum Gasteiger partial charge on any atom is -0.494 e. The first-order chi connectivity index (χ1) is 17.0. The SMILES string of the molecule is C[C@H]1OC(c2ccc(OCCCO)cc2)=N[C@@]1(CCC(=O)OC(C)(C)C)C(=O)NC1CCC(O)CC1. The molecule has 1 aromatic carbocycles. The van der Waals surface area contributed by atoms with Gasteiger partial charge in [-0.05, 0) is 84.1 Å². The molecule has 0 radical (unpaired) electrons. The van der Waals surface area contributed by atoms with E-state index < -0.39 is 23.2 Å². The normalized spacial score (nSPS) is 26.1. The summed E-state index contributed by atoms with van der Waals surface area (Å²) < 4.78 is 17.1. The Kier molecular flexibility index (Phi) is 9.35. The molecule has 1 saturated carbocycles. The molecule has 0 aromatic heterocycles. The number of aliphatic hydroxyl groups excluding tert-OH is 2. The zero-order valence-corrected chi connectivity index (χ0v) is 21.8. The highest BCUT2D eigenvalue weighted by molar-refractivity contribution is 6.01. The first-order valence-corrected chi connectivity index (χ1v) is 12.8. The lowest BCUT2D eigenvalue weighted by Crippen LogP contribution is -2.54. The molecule has 1 aliphatic heterocycles. The molecule has 1 aromatic rings. The summed E-state index contributed by atoms with van der Waals surface area (Å²) in [7, 11) is 0. The molecule has 3 rings (SSSR count). The molecule has 9 nitrogen and oxygen atoms in total. The second kappa shape index (κ2) is 12.1. The van der Waals surface area contributed by atoms with Crippen LogP contribution in [0.15, 0.2) is 29.3 Å². The van der Waals surface area contributed by atoms with Crippen molar-refractivity contribution in [1.29, 1.82) is 0 Å². The highest BCUT2D eigenvalue weighted by Crippen LogP contribution is 2.34.